The molecule has 1 amide bonds. The van der Waals surface area contributed by atoms with Crippen molar-refractivity contribution in [2.24, 2.45) is 5.73 Å². The molecule has 0 spiro atoms. The van der Waals surface area contributed by atoms with Gasteiger partial charge in [0.05, 0.1) is 0 Å². The summed E-state index contributed by atoms with van der Waals surface area (Å²) in [6.07, 6.45) is 2.05. The van der Waals surface area contributed by atoms with E-state index in [0.717, 1.165) is 0 Å². The molecule has 2 aromatic rings. The Morgan fingerprint density at radius 2 is 2.13 bits per heavy atom. The first-order valence-corrected chi connectivity index (χ1v) is 8.29. The number of aromatic nitrogens is 3. The molecule has 23 heavy (non-hydrogen) atoms. The van der Waals surface area contributed by atoms with Crippen LogP contribution in [0.5, 0.6) is 5.75 Å². The second-order valence-corrected chi connectivity index (χ2v) is 6.10. The van der Waals surface area contributed by atoms with Gasteiger partial charge in [-0.3, -0.25) is 9.36 Å². The number of allylic oxidation sites excluding steroid dienone is 1. The van der Waals surface area contributed by atoms with E-state index in [9.17, 15) is 4.79 Å². The summed E-state index contributed by atoms with van der Waals surface area (Å²) < 4.78 is 7.59. The summed E-state index contributed by atoms with van der Waals surface area (Å²) in [6.45, 7) is 4.58. The SMILES string of the molecule is C=CCn1c(COc2ccc(Cl)cc2)nnc1SCCC(N)=O. The van der Waals surface area contributed by atoms with E-state index in [-0.39, 0.29) is 12.5 Å². The number of halogens is 1. The smallest absolute Gasteiger partial charge is 0.218 e. The van der Waals surface area contributed by atoms with Gasteiger partial charge in [0.15, 0.2) is 11.0 Å². The van der Waals surface area contributed by atoms with Crippen molar-refractivity contribution in [2.45, 2.75) is 24.7 Å². The summed E-state index contributed by atoms with van der Waals surface area (Å²) >= 11 is 7.27. The van der Waals surface area contributed by atoms with E-state index in [2.05, 4.69) is 16.8 Å². The van der Waals surface area contributed by atoms with E-state index in [4.69, 9.17) is 22.1 Å². The number of amides is 1. The molecule has 122 valence electrons. The minimum absolute atomic E-state index is 0.277. The van der Waals surface area contributed by atoms with Crippen molar-refractivity contribution in [2.75, 3.05) is 5.75 Å². The van der Waals surface area contributed by atoms with Crippen LogP contribution in [0.25, 0.3) is 0 Å². The number of carbonyl (C=O) groups excluding carboxylic acids is 1. The highest BCUT2D eigenvalue weighted by molar-refractivity contribution is 7.99. The third-order valence-corrected chi connectivity index (χ3v) is 4.09. The molecule has 1 aromatic carbocycles. The summed E-state index contributed by atoms with van der Waals surface area (Å²) in [5.74, 6) is 1.60. The predicted molar refractivity (Wildman–Crippen MR) is 90.5 cm³/mol. The van der Waals surface area contributed by atoms with Crippen LogP contribution in [-0.2, 0) is 17.9 Å². The number of benzene rings is 1. The summed E-state index contributed by atoms with van der Waals surface area (Å²) in [5.41, 5.74) is 5.14. The van der Waals surface area contributed by atoms with Gasteiger partial charge in [0.2, 0.25) is 5.91 Å². The van der Waals surface area contributed by atoms with Crippen molar-refractivity contribution in [3.63, 3.8) is 0 Å². The molecular weight excluding hydrogens is 336 g/mol. The molecule has 2 rings (SSSR count). The molecule has 0 radical (unpaired) electrons. The van der Waals surface area contributed by atoms with Crippen molar-refractivity contribution in [1.82, 2.24) is 14.8 Å². The molecule has 8 heteroatoms. The fraction of sp³-hybridized carbons (Fsp3) is 0.267. The fourth-order valence-corrected chi connectivity index (χ4v) is 2.81. The standard InChI is InChI=1S/C15H17ClN4O2S/c1-2-8-20-14(10-22-12-5-3-11(16)4-6-12)18-19-15(20)23-9-7-13(17)21/h2-6H,1,7-10H2,(H2,17,21). The van der Waals surface area contributed by atoms with Gasteiger partial charge in [0.25, 0.3) is 0 Å². The lowest BCUT2D eigenvalue weighted by molar-refractivity contribution is -0.117. The van der Waals surface area contributed by atoms with Crippen LogP contribution in [0.4, 0.5) is 0 Å². The molecule has 0 aliphatic heterocycles. The Morgan fingerprint density at radius 1 is 1.39 bits per heavy atom. The largest absolute Gasteiger partial charge is 0.486 e. The van der Waals surface area contributed by atoms with Gasteiger partial charge in [-0.2, -0.15) is 0 Å². The molecule has 0 aliphatic rings. The molecule has 0 atom stereocenters. The van der Waals surface area contributed by atoms with Crippen LogP contribution in [-0.4, -0.2) is 26.4 Å². The van der Waals surface area contributed by atoms with Gasteiger partial charge in [0.1, 0.15) is 12.4 Å². The first kappa shape index (κ1) is 17.4. The van der Waals surface area contributed by atoms with E-state index in [1.165, 1.54) is 11.8 Å². The Hall–Kier alpha value is -1.99. The number of carbonyl (C=O) groups is 1. The van der Waals surface area contributed by atoms with Gasteiger partial charge < -0.3 is 10.5 Å². The average Bonchev–Trinajstić information content (AvgIpc) is 2.89. The maximum atomic E-state index is 10.8. The maximum absolute atomic E-state index is 10.8. The number of rotatable bonds is 9. The van der Waals surface area contributed by atoms with Gasteiger partial charge in [-0.1, -0.05) is 29.4 Å². The minimum atomic E-state index is -0.335. The first-order valence-electron chi connectivity index (χ1n) is 6.92. The Kier molecular flexibility index (Phi) is 6.49. The second-order valence-electron chi connectivity index (χ2n) is 4.61. The van der Waals surface area contributed by atoms with Gasteiger partial charge >= 0.3 is 0 Å². The summed E-state index contributed by atoms with van der Waals surface area (Å²) in [7, 11) is 0. The molecule has 0 unspecified atom stereocenters. The van der Waals surface area contributed by atoms with E-state index >= 15 is 0 Å². The third kappa shape index (κ3) is 5.30. The Morgan fingerprint density at radius 3 is 2.78 bits per heavy atom. The molecule has 0 aliphatic carbocycles. The lowest BCUT2D eigenvalue weighted by atomic mass is 10.3. The maximum Gasteiger partial charge on any atom is 0.218 e. The third-order valence-electron chi connectivity index (χ3n) is 2.87. The van der Waals surface area contributed by atoms with E-state index < -0.39 is 0 Å². The highest BCUT2D eigenvalue weighted by Gasteiger charge is 2.12. The van der Waals surface area contributed by atoms with Crippen LogP contribution in [0.3, 0.4) is 0 Å². The molecule has 0 saturated carbocycles. The van der Waals surface area contributed by atoms with Crippen LogP contribution >= 0.6 is 23.4 Å². The lowest BCUT2D eigenvalue weighted by Gasteiger charge is -2.09. The normalized spacial score (nSPS) is 10.5. The summed E-state index contributed by atoms with van der Waals surface area (Å²) in [5, 5.41) is 9.64. The topological polar surface area (TPSA) is 83.0 Å². The van der Waals surface area contributed by atoms with Crippen molar-refractivity contribution in [3.8, 4) is 5.75 Å². The average molecular weight is 353 g/mol. The highest BCUT2D eigenvalue weighted by atomic mass is 35.5. The quantitative estimate of drug-likeness (QED) is 0.554. The predicted octanol–water partition coefficient (Wildman–Crippen LogP) is 2.66. The zero-order chi connectivity index (χ0) is 16.7. The van der Waals surface area contributed by atoms with Gasteiger partial charge in [-0.25, -0.2) is 0 Å². The molecule has 1 aromatic heterocycles. The van der Waals surface area contributed by atoms with Crippen LogP contribution in [0.15, 0.2) is 42.1 Å². The summed E-state index contributed by atoms with van der Waals surface area (Å²) in [4.78, 5) is 10.8. The highest BCUT2D eigenvalue weighted by Crippen LogP contribution is 2.20. The summed E-state index contributed by atoms with van der Waals surface area (Å²) in [6, 6.07) is 7.10. The molecule has 6 nitrogen and oxygen atoms in total. The van der Waals surface area contributed by atoms with Crippen molar-refractivity contribution < 1.29 is 9.53 Å². The lowest BCUT2D eigenvalue weighted by Crippen LogP contribution is -2.11. The fourth-order valence-electron chi connectivity index (χ4n) is 1.77. The molecular formula is C15H17ClN4O2S. The zero-order valence-corrected chi connectivity index (χ0v) is 14.0. The number of nitrogens with two attached hydrogens (primary N) is 1. The number of primary amides is 1. The Balaban J connectivity index is 2.02. The molecule has 1 heterocycles. The van der Waals surface area contributed by atoms with Gasteiger partial charge in [-0.05, 0) is 24.3 Å². The number of thioether (sulfide) groups is 1. The van der Waals surface area contributed by atoms with Crippen LogP contribution < -0.4 is 10.5 Å². The van der Waals surface area contributed by atoms with Crippen LogP contribution in [0.1, 0.15) is 12.2 Å². The molecule has 0 saturated heterocycles. The minimum Gasteiger partial charge on any atom is -0.486 e. The van der Waals surface area contributed by atoms with Crippen molar-refractivity contribution >= 4 is 29.3 Å². The zero-order valence-electron chi connectivity index (χ0n) is 12.4. The molecule has 2 N–H and O–H groups in total. The Labute approximate surface area is 143 Å². The van der Waals surface area contributed by atoms with Crippen molar-refractivity contribution in [3.05, 3.63) is 47.8 Å². The first-order chi connectivity index (χ1) is 11.1. The van der Waals surface area contributed by atoms with Crippen LogP contribution in [0, 0.1) is 0 Å². The van der Waals surface area contributed by atoms with E-state index in [1.807, 2.05) is 4.57 Å². The number of nitrogens with zero attached hydrogens (tertiary/aromatic N) is 3. The van der Waals surface area contributed by atoms with E-state index in [0.29, 0.717) is 40.5 Å². The van der Waals surface area contributed by atoms with Crippen molar-refractivity contribution in [1.29, 1.82) is 0 Å². The molecule has 0 bridgehead atoms. The monoisotopic (exact) mass is 352 g/mol. The van der Waals surface area contributed by atoms with Gasteiger partial charge in [0, 0.05) is 23.7 Å². The Bertz CT molecular complexity index is 673. The number of ether oxygens (including phenoxy) is 1. The number of hydrogen-bond donors (Lipinski definition) is 1. The second kappa shape index (κ2) is 8.59. The number of hydrogen-bond acceptors (Lipinski definition) is 5. The molecule has 0 fully saturated rings. The van der Waals surface area contributed by atoms with E-state index in [1.54, 1.807) is 30.3 Å². The van der Waals surface area contributed by atoms with Crippen LogP contribution in [0.2, 0.25) is 5.02 Å². The van der Waals surface area contributed by atoms with Gasteiger partial charge in [-0.15, -0.1) is 16.8 Å².